The number of anilines is 2. The van der Waals surface area contributed by atoms with Gasteiger partial charge in [0.05, 0.1) is 7.11 Å². The van der Waals surface area contributed by atoms with Crippen molar-refractivity contribution < 1.29 is 18.3 Å². The number of aromatic nitrogens is 2. The molecule has 0 aliphatic heterocycles. The van der Waals surface area contributed by atoms with Crippen molar-refractivity contribution in [1.82, 2.24) is 15.1 Å². The first-order valence-corrected chi connectivity index (χ1v) is 11.0. The van der Waals surface area contributed by atoms with E-state index in [0.29, 0.717) is 23.6 Å². The van der Waals surface area contributed by atoms with Gasteiger partial charge < -0.3 is 21.1 Å². The summed E-state index contributed by atoms with van der Waals surface area (Å²) in [5.41, 5.74) is 8.07. The predicted octanol–water partition coefficient (Wildman–Crippen LogP) is 5.43. The van der Waals surface area contributed by atoms with E-state index in [2.05, 4.69) is 15.7 Å². The number of carbonyl (C=O) groups excluding carboxylic acids is 1. The number of hydrogen-bond acceptors (Lipinski definition) is 4. The fourth-order valence-electron chi connectivity index (χ4n) is 3.47. The maximum absolute atomic E-state index is 14.5. The van der Waals surface area contributed by atoms with Crippen molar-refractivity contribution in [2.45, 2.75) is 6.42 Å². The lowest BCUT2D eigenvalue weighted by Crippen LogP contribution is -2.30. The van der Waals surface area contributed by atoms with Crippen LogP contribution in [0.1, 0.15) is 5.56 Å². The Labute approximate surface area is 205 Å². The number of benzene rings is 3. The van der Waals surface area contributed by atoms with Gasteiger partial charge in [-0.3, -0.25) is 0 Å². The molecule has 0 aliphatic carbocycles. The molecule has 10 heteroatoms. The molecule has 1 heterocycles. The summed E-state index contributed by atoms with van der Waals surface area (Å²) in [7, 11) is 1.59. The number of nitrogen functional groups attached to an aromatic ring is 1. The third-order valence-corrected chi connectivity index (χ3v) is 5.52. The Bertz CT molecular complexity index is 1340. The monoisotopic (exact) mass is 497 g/mol. The van der Waals surface area contributed by atoms with Crippen LogP contribution >= 0.6 is 11.6 Å². The number of rotatable bonds is 7. The fraction of sp³-hybridized carbons (Fsp3) is 0.120. The molecule has 7 nitrogen and oxygen atoms in total. The molecule has 0 spiro atoms. The zero-order valence-electron chi connectivity index (χ0n) is 18.7. The van der Waals surface area contributed by atoms with Crippen LogP contribution in [0.3, 0.4) is 0 Å². The van der Waals surface area contributed by atoms with E-state index in [4.69, 9.17) is 22.1 Å². The summed E-state index contributed by atoms with van der Waals surface area (Å²) in [6, 6.07) is 16.6. The molecular weight excluding hydrogens is 476 g/mol. The van der Waals surface area contributed by atoms with Crippen LogP contribution in [-0.4, -0.2) is 29.5 Å². The second-order valence-electron chi connectivity index (χ2n) is 7.60. The van der Waals surface area contributed by atoms with Gasteiger partial charge >= 0.3 is 6.03 Å². The largest absolute Gasteiger partial charge is 0.497 e. The molecule has 2 amide bonds. The van der Waals surface area contributed by atoms with Crippen LogP contribution in [0.2, 0.25) is 5.02 Å². The minimum atomic E-state index is -0.723. The summed E-state index contributed by atoms with van der Waals surface area (Å²) in [4.78, 5) is 12.7. The number of halogens is 3. The number of hydrogen-bond donors (Lipinski definition) is 3. The van der Waals surface area contributed by atoms with E-state index >= 15 is 0 Å². The van der Waals surface area contributed by atoms with Gasteiger partial charge in [-0.25, -0.2) is 18.3 Å². The Kier molecular flexibility index (Phi) is 7.17. The standard InChI is InChI=1S/C25H22ClF2N5O2/c1-35-19-9-2-15(3-10-19)12-13-30-25(34)31-23-22(16-4-6-17(26)7-5-16)32-33(24(23)29)21-14-18(27)8-11-20(21)28/h2-11,14H,12-13,29H2,1H3,(H2,30,31,34). The average Bonchev–Trinajstić information content (AvgIpc) is 3.17. The van der Waals surface area contributed by atoms with E-state index in [9.17, 15) is 13.6 Å². The SMILES string of the molecule is COc1ccc(CCNC(=O)Nc2c(-c3ccc(Cl)cc3)nn(-c3cc(F)ccc3F)c2N)cc1. The second kappa shape index (κ2) is 10.4. The fourth-order valence-corrected chi connectivity index (χ4v) is 3.59. The highest BCUT2D eigenvalue weighted by Crippen LogP contribution is 2.35. The van der Waals surface area contributed by atoms with E-state index in [1.165, 1.54) is 0 Å². The molecule has 4 rings (SSSR count). The van der Waals surface area contributed by atoms with Gasteiger partial charge in [0.25, 0.3) is 0 Å². The van der Waals surface area contributed by atoms with Crippen molar-refractivity contribution in [3.05, 3.63) is 89.0 Å². The van der Waals surface area contributed by atoms with E-state index in [1.54, 1.807) is 31.4 Å². The first kappa shape index (κ1) is 24.0. The van der Waals surface area contributed by atoms with Crippen LogP contribution in [0.25, 0.3) is 16.9 Å². The van der Waals surface area contributed by atoms with Crippen molar-refractivity contribution in [2.24, 2.45) is 0 Å². The lowest BCUT2D eigenvalue weighted by molar-refractivity contribution is 0.252. The first-order valence-electron chi connectivity index (χ1n) is 10.6. The molecule has 0 unspecified atom stereocenters. The molecule has 0 saturated carbocycles. The van der Waals surface area contributed by atoms with Crippen molar-refractivity contribution >= 4 is 29.1 Å². The molecule has 0 saturated heterocycles. The molecule has 0 fully saturated rings. The number of nitrogens with one attached hydrogen (secondary N) is 2. The maximum Gasteiger partial charge on any atom is 0.319 e. The van der Waals surface area contributed by atoms with E-state index in [0.717, 1.165) is 34.2 Å². The van der Waals surface area contributed by atoms with E-state index in [-0.39, 0.29) is 22.9 Å². The van der Waals surface area contributed by atoms with Crippen LogP contribution in [0.4, 0.5) is 25.1 Å². The van der Waals surface area contributed by atoms with Gasteiger partial charge in [0.2, 0.25) is 0 Å². The van der Waals surface area contributed by atoms with Crippen molar-refractivity contribution in [1.29, 1.82) is 0 Å². The minimum absolute atomic E-state index is 0.0650. The molecule has 4 aromatic rings. The van der Waals surface area contributed by atoms with Crippen LogP contribution in [0.5, 0.6) is 5.75 Å². The summed E-state index contributed by atoms with van der Waals surface area (Å²) in [6.07, 6.45) is 0.588. The van der Waals surface area contributed by atoms with Crippen LogP contribution in [0.15, 0.2) is 66.7 Å². The Morgan fingerprint density at radius 2 is 1.80 bits per heavy atom. The van der Waals surface area contributed by atoms with Crippen LogP contribution in [-0.2, 0) is 6.42 Å². The highest BCUT2D eigenvalue weighted by Gasteiger charge is 2.22. The Hall–Kier alpha value is -4.11. The lowest BCUT2D eigenvalue weighted by atomic mass is 10.1. The summed E-state index contributed by atoms with van der Waals surface area (Å²) >= 11 is 5.99. The van der Waals surface area contributed by atoms with E-state index < -0.39 is 17.7 Å². The predicted molar refractivity (Wildman–Crippen MR) is 132 cm³/mol. The molecule has 180 valence electrons. The van der Waals surface area contributed by atoms with Crippen molar-refractivity contribution in [2.75, 3.05) is 24.7 Å². The lowest BCUT2D eigenvalue weighted by Gasteiger charge is -2.10. The molecule has 0 atom stereocenters. The summed E-state index contributed by atoms with van der Waals surface area (Å²) in [5, 5.41) is 10.3. The third-order valence-electron chi connectivity index (χ3n) is 5.27. The molecule has 0 aliphatic rings. The first-order chi connectivity index (χ1) is 16.9. The zero-order chi connectivity index (χ0) is 24.9. The Morgan fingerprint density at radius 1 is 1.09 bits per heavy atom. The van der Waals surface area contributed by atoms with Gasteiger partial charge in [0.15, 0.2) is 5.82 Å². The van der Waals surface area contributed by atoms with Crippen molar-refractivity contribution in [3.8, 4) is 22.7 Å². The maximum atomic E-state index is 14.5. The number of nitrogens with two attached hydrogens (primary N) is 1. The Morgan fingerprint density at radius 3 is 2.49 bits per heavy atom. The number of methoxy groups -OCH3 is 1. The number of amides is 2. The number of urea groups is 1. The summed E-state index contributed by atoms with van der Waals surface area (Å²) < 4.78 is 34.5. The smallest absolute Gasteiger partial charge is 0.319 e. The molecule has 4 N–H and O–H groups in total. The molecule has 3 aromatic carbocycles. The summed E-state index contributed by atoms with van der Waals surface area (Å²) in [6.45, 7) is 0.348. The van der Waals surface area contributed by atoms with Crippen molar-refractivity contribution in [3.63, 3.8) is 0 Å². The van der Waals surface area contributed by atoms with Gasteiger partial charge in [-0.1, -0.05) is 35.9 Å². The minimum Gasteiger partial charge on any atom is -0.497 e. The van der Waals surface area contributed by atoms with Gasteiger partial charge in [0, 0.05) is 23.2 Å². The summed E-state index contributed by atoms with van der Waals surface area (Å²) in [5.74, 6) is -0.699. The number of carbonyl (C=O) groups is 1. The van der Waals surface area contributed by atoms with Gasteiger partial charge in [-0.2, -0.15) is 5.10 Å². The molecular formula is C25H22ClF2N5O2. The molecule has 35 heavy (non-hydrogen) atoms. The van der Waals surface area contributed by atoms with Gasteiger partial charge in [-0.05, 0) is 48.4 Å². The molecule has 0 radical (unpaired) electrons. The van der Waals surface area contributed by atoms with E-state index in [1.807, 2.05) is 24.3 Å². The highest BCUT2D eigenvalue weighted by molar-refractivity contribution is 6.30. The molecule has 0 bridgehead atoms. The second-order valence-corrected chi connectivity index (χ2v) is 8.04. The Balaban J connectivity index is 1.58. The average molecular weight is 498 g/mol. The molecule has 1 aromatic heterocycles. The van der Waals surface area contributed by atoms with Gasteiger partial charge in [0.1, 0.15) is 34.5 Å². The third kappa shape index (κ3) is 5.52. The van der Waals surface area contributed by atoms with Crippen LogP contribution < -0.4 is 21.1 Å². The highest BCUT2D eigenvalue weighted by atomic mass is 35.5. The number of nitrogens with zero attached hydrogens (tertiary/aromatic N) is 2. The van der Waals surface area contributed by atoms with Crippen LogP contribution in [0, 0.1) is 11.6 Å². The number of ether oxygens (including phenoxy) is 1. The topological polar surface area (TPSA) is 94.2 Å². The normalized spacial score (nSPS) is 10.7. The van der Waals surface area contributed by atoms with Gasteiger partial charge in [-0.15, -0.1) is 0 Å². The zero-order valence-corrected chi connectivity index (χ0v) is 19.4. The quantitative estimate of drug-likeness (QED) is 0.317.